The largest absolute Gasteiger partial charge is 0.496 e. The Bertz CT molecular complexity index is 849. The van der Waals surface area contributed by atoms with Crippen molar-refractivity contribution < 1.29 is 19.4 Å². The fourth-order valence-corrected chi connectivity index (χ4v) is 4.56. The number of amides is 1. The van der Waals surface area contributed by atoms with Crippen molar-refractivity contribution in [2.45, 2.75) is 32.7 Å². The van der Waals surface area contributed by atoms with Crippen LogP contribution in [0.25, 0.3) is 0 Å². The molecule has 1 N–H and O–H groups in total. The number of hydrogen-bond donors (Lipinski definition) is 1. The van der Waals surface area contributed by atoms with Gasteiger partial charge in [0.2, 0.25) is 0 Å². The number of nitrogens with zero attached hydrogens (tertiary/aromatic N) is 1. The summed E-state index contributed by atoms with van der Waals surface area (Å²) >= 11 is 7.90. The Hall–Kier alpha value is -2.05. The minimum atomic E-state index is -0.958. The number of hydrogen-bond acceptors (Lipinski definition) is 4. The lowest BCUT2D eigenvalue weighted by atomic mass is 9.92. The number of methoxy groups -OCH3 is 1. The van der Waals surface area contributed by atoms with Crippen molar-refractivity contribution in [2.24, 2.45) is 0 Å². The third-order valence-electron chi connectivity index (χ3n) is 4.47. The molecule has 7 heteroatoms. The second-order valence-corrected chi connectivity index (χ2v) is 7.64. The van der Waals surface area contributed by atoms with Crippen LogP contribution in [0.2, 0.25) is 0 Å². The third-order valence-corrected chi connectivity index (χ3v) is 5.84. The summed E-state index contributed by atoms with van der Waals surface area (Å²) in [6, 6.07) is 3.41. The van der Waals surface area contributed by atoms with E-state index in [2.05, 4.69) is 0 Å². The minimum absolute atomic E-state index is 0.128. The van der Waals surface area contributed by atoms with E-state index in [1.165, 1.54) is 18.4 Å². The summed E-state index contributed by atoms with van der Waals surface area (Å²) in [4.78, 5) is 27.7. The highest BCUT2D eigenvalue weighted by Gasteiger charge is 2.42. The number of aryl methyl sites for hydroxylation is 1. The zero-order valence-corrected chi connectivity index (χ0v) is 15.7. The Balaban J connectivity index is 2.09. The van der Waals surface area contributed by atoms with Crippen molar-refractivity contribution in [2.75, 3.05) is 7.11 Å². The van der Waals surface area contributed by atoms with Crippen LogP contribution in [0.4, 0.5) is 0 Å². The molecule has 0 bridgehead atoms. The van der Waals surface area contributed by atoms with E-state index >= 15 is 0 Å². The fraction of sp³-hybridized carbons (Fsp3) is 0.333. The van der Waals surface area contributed by atoms with E-state index in [0.29, 0.717) is 38.9 Å². The molecule has 0 spiro atoms. The highest BCUT2D eigenvalue weighted by molar-refractivity contribution is 7.13. The van der Waals surface area contributed by atoms with Gasteiger partial charge >= 0.3 is 5.97 Å². The van der Waals surface area contributed by atoms with Gasteiger partial charge < -0.3 is 14.7 Å². The Labute approximate surface area is 154 Å². The van der Waals surface area contributed by atoms with Crippen molar-refractivity contribution in [3.8, 4) is 0 Å². The number of ether oxygens (including phenoxy) is 1. The van der Waals surface area contributed by atoms with E-state index in [1.54, 1.807) is 17.9 Å². The maximum atomic E-state index is 13.1. The number of thiophene rings is 1. The normalized spacial score (nSPS) is 19.9. The zero-order chi connectivity index (χ0) is 18.3. The molecule has 0 radical (unpaired) electrons. The fourth-order valence-electron chi connectivity index (χ4n) is 3.36. The summed E-state index contributed by atoms with van der Waals surface area (Å²) in [5.41, 5.74) is 1.91. The topological polar surface area (TPSA) is 66.8 Å². The molecule has 0 saturated heterocycles. The second-order valence-electron chi connectivity index (χ2n) is 5.97. The molecule has 25 heavy (non-hydrogen) atoms. The Morgan fingerprint density at radius 3 is 2.68 bits per heavy atom. The van der Waals surface area contributed by atoms with Gasteiger partial charge in [-0.15, -0.1) is 11.3 Å². The van der Waals surface area contributed by atoms with Gasteiger partial charge in [0.15, 0.2) is 0 Å². The van der Waals surface area contributed by atoms with E-state index < -0.39 is 5.97 Å². The first-order valence-electron chi connectivity index (χ1n) is 7.81. The van der Waals surface area contributed by atoms with E-state index in [0.717, 1.165) is 4.88 Å². The van der Waals surface area contributed by atoms with Crippen LogP contribution >= 0.6 is 22.9 Å². The average molecular weight is 380 g/mol. The van der Waals surface area contributed by atoms with Gasteiger partial charge in [-0.25, -0.2) is 0 Å². The number of rotatable bonds is 4. The standard InChI is InChI=1S/C18H18ClNO4S/c1-9-4-7-14(25-9)18(23)20-10(2)11(8-15(21)22)16-12(20)5-6-13(24-3)17(16)19/h4,6-7,12H,5,8H2,1-3H3,(H,21,22). The van der Waals surface area contributed by atoms with Gasteiger partial charge in [0.05, 0.1) is 29.5 Å². The van der Waals surface area contributed by atoms with Crippen LogP contribution in [0.5, 0.6) is 0 Å². The summed E-state index contributed by atoms with van der Waals surface area (Å²) < 4.78 is 5.28. The van der Waals surface area contributed by atoms with Gasteiger partial charge in [0.1, 0.15) is 5.76 Å². The number of halogens is 1. The summed E-state index contributed by atoms with van der Waals surface area (Å²) in [6.45, 7) is 3.72. The summed E-state index contributed by atoms with van der Waals surface area (Å²) in [6.07, 6.45) is 2.19. The first-order valence-corrected chi connectivity index (χ1v) is 9.00. The molecule has 1 aliphatic heterocycles. The number of carbonyl (C=O) groups excluding carboxylic acids is 1. The Morgan fingerprint density at radius 1 is 1.40 bits per heavy atom. The van der Waals surface area contributed by atoms with Crippen LogP contribution in [0, 0.1) is 6.92 Å². The summed E-state index contributed by atoms with van der Waals surface area (Å²) in [5, 5.41) is 9.67. The van der Waals surface area contributed by atoms with E-state index in [-0.39, 0.29) is 18.4 Å². The van der Waals surface area contributed by atoms with Gasteiger partial charge in [-0.3, -0.25) is 9.59 Å². The quantitative estimate of drug-likeness (QED) is 0.856. The molecule has 3 rings (SSSR count). The van der Waals surface area contributed by atoms with Crippen molar-refractivity contribution in [3.63, 3.8) is 0 Å². The molecule has 1 atom stereocenters. The number of allylic oxidation sites excluding steroid dienone is 2. The summed E-state index contributed by atoms with van der Waals surface area (Å²) in [7, 11) is 1.52. The molecule has 5 nitrogen and oxygen atoms in total. The van der Waals surface area contributed by atoms with Gasteiger partial charge in [-0.2, -0.15) is 0 Å². The van der Waals surface area contributed by atoms with Crippen LogP contribution in [0.1, 0.15) is 34.3 Å². The van der Waals surface area contributed by atoms with Gasteiger partial charge in [0.25, 0.3) is 5.91 Å². The SMILES string of the molecule is COC1=CCC2C(=C1Cl)C(CC(=O)O)=C(C)N2C(=O)c1ccc(C)s1. The molecular formula is C18H18ClNO4S. The molecule has 0 fully saturated rings. The second kappa shape index (κ2) is 6.69. The molecular weight excluding hydrogens is 362 g/mol. The molecule has 2 aliphatic rings. The van der Waals surface area contributed by atoms with Crippen molar-refractivity contribution in [1.82, 2.24) is 4.90 Å². The van der Waals surface area contributed by atoms with Crippen LogP contribution < -0.4 is 0 Å². The number of carboxylic acids is 1. The molecule has 1 amide bonds. The first-order chi connectivity index (χ1) is 11.8. The average Bonchev–Trinajstić information content (AvgIpc) is 3.10. The monoisotopic (exact) mass is 379 g/mol. The van der Waals surface area contributed by atoms with Gasteiger partial charge in [-0.1, -0.05) is 11.6 Å². The van der Waals surface area contributed by atoms with Crippen molar-refractivity contribution in [1.29, 1.82) is 0 Å². The number of carbonyl (C=O) groups is 2. The lowest BCUT2D eigenvalue weighted by molar-refractivity contribution is -0.136. The van der Waals surface area contributed by atoms with Crippen LogP contribution in [0.15, 0.2) is 45.8 Å². The molecule has 1 unspecified atom stereocenters. The molecule has 2 heterocycles. The molecule has 0 saturated carbocycles. The molecule has 1 aromatic rings. The van der Waals surface area contributed by atoms with Gasteiger partial charge in [0, 0.05) is 16.1 Å². The van der Waals surface area contributed by atoms with E-state index in [1.807, 2.05) is 19.1 Å². The smallest absolute Gasteiger partial charge is 0.307 e. The molecule has 1 aromatic heterocycles. The highest BCUT2D eigenvalue weighted by atomic mass is 35.5. The maximum absolute atomic E-state index is 13.1. The Kier molecular flexibility index (Phi) is 4.75. The lowest BCUT2D eigenvalue weighted by Gasteiger charge is -2.29. The predicted octanol–water partition coefficient (Wildman–Crippen LogP) is 4.06. The third kappa shape index (κ3) is 3.00. The van der Waals surface area contributed by atoms with Crippen molar-refractivity contribution >= 4 is 34.8 Å². The molecule has 132 valence electrons. The van der Waals surface area contributed by atoms with E-state index in [4.69, 9.17) is 16.3 Å². The van der Waals surface area contributed by atoms with Crippen LogP contribution in [-0.4, -0.2) is 35.0 Å². The van der Waals surface area contributed by atoms with E-state index in [9.17, 15) is 14.7 Å². The number of aliphatic carboxylic acids is 1. The van der Waals surface area contributed by atoms with Gasteiger partial charge in [-0.05, 0) is 44.1 Å². The lowest BCUT2D eigenvalue weighted by Crippen LogP contribution is -2.36. The maximum Gasteiger partial charge on any atom is 0.307 e. The number of fused-ring (bicyclic) bond motifs is 1. The molecule has 1 aliphatic carbocycles. The Morgan fingerprint density at radius 2 is 2.12 bits per heavy atom. The van der Waals surface area contributed by atoms with Crippen LogP contribution in [0.3, 0.4) is 0 Å². The molecule has 0 aromatic carbocycles. The van der Waals surface area contributed by atoms with Crippen LogP contribution in [-0.2, 0) is 9.53 Å². The minimum Gasteiger partial charge on any atom is -0.496 e. The highest BCUT2D eigenvalue weighted by Crippen LogP contribution is 2.45. The van der Waals surface area contributed by atoms with Crippen molar-refractivity contribution in [3.05, 3.63) is 55.6 Å². The summed E-state index contributed by atoms with van der Waals surface area (Å²) in [5.74, 6) is -0.568. The number of carboxylic acid groups (broad SMARTS) is 1. The predicted molar refractivity (Wildman–Crippen MR) is 96.6 cm³/mol. The first kappa shape index (κ1) is 17.8. The zero-order valence-electron chi connectivity index (χ0n) is 14.1.